The van der Waals surface area contributed by atoms with E-state index in [0.29, 0.717) is 5.15 Å². The molecule has 5 heteroatoms. The topological polar surface area (TPSA) is 38.2 Å². The number of hydrogen-bond acceptors (Lipinski definition) is 4. The highest BCUT2D eigenvalue weighted by molar-refractivity contribution is 6.30. The van der Waals surface area contributed by atoms with Crippen molar-refractivity contribution in [3.05, 3.63) is 16.4 Å². The van der Waals surface area contributed by atoms with Gasteiger partial charge in [-0.3, -0.25) is 0 Å². The minimum Gasteiger partial charge on any atom is -0.378 e. The standard InChI is InChI=1S/C11H14ClN3O/c12-10-8-2-1-3-9(8)13-11(14-10)15-4-6-16-7-5-15/h1-7H2. The van der Waals surface area contributed by atoms with Crippen molar-refractivity contribution >= 4 is 17.5 Å². The predicted molar refractivity (Wildman–Crippen MR) is 62.1 cm³/mol. The molecule has 16 heavy (non-hydrogen) atoms. The van der Waals surface area contributed by atoms with Crippen LogP contribution < -0.4 is 4.90 Å². The number of rotatable bonds is 1. The van der Waals surface area contributed by atoms with Gasteiger partial charge in [-0.15, -0.1) is 0 Å². The molecule has 2 heterocycles. The summed E-state index contributed by atoms with van der Waals surface area (Å²) in [5, 5.41) is 0.643. The molecule has 0 unspecified atom stereocenters. The molecule has 0 N–H and O–H groups in total. The molecule has 1 aliphatic heterocycles. The Morgan fingerprint density at radius 1 is 1.12 bits per heavy atom. The summed E-state index contributed by atoms with van der Waals surface area (Å²) < 4.78 is 5.31. The van der Waals surface area contributed by atoms with Crippen molar-refractivity contribution in [3.8, 4) is 0 Å². The number of nitrogens with zero attached hydrogens (tertiary/aromatic N) is 3. The highest BCUT2D eigenvalue weighted by Gasteiger charge is 2.21. The second-order valence-corrected chi connectivity index (χ2v) is 4.55. The predicted octanol–water partition coefficient (Wildman–Crippen LogP) is 1.46. The summed E-state index contributed by atoms with van der Waals surface area (Å²) in [7, 11) is 0. The van der Waals surface area contributed by atoms with Crippen molar-refractivity contribution < 1.29 is 4.74 Å². The van der Waals surface area contributed by atoms with E-state index in [1.807, 2.05) is 0 Å². The van der Waals surface area contributed by atoms with Gasteiger partial charge in [0, 0.05) is 18.7 Å². The quantitative estimate of drug-likeness (QED) is 0.696. The minimum absolute atomic E-state index is 0.643. The number of morpholine rings is 1. The van der Waals surface area contributed by atoms with Crippen molar-refractivity contribution in [2.75, 3.05) is 31.2 Å². The van der Waals surface area contributed by atoms with Gasteiger partial charge >= 0.3 is 0 Å². The molecule has 1 aromatic rings. The summed E-state index contributed by atoms with van der Waals surface area (Å²) in [6.07, 6.45) is 3.21. The molecule has 0 radical (unpaired) electrons. The number of aryl methyl sites for hydroxylation is 1. The van der Waals surface area contributed by atoms with E-state index in [2.05, 4.69) is 14.9 Å². The highest BCUT2D eigenvalue weighted by atomic mass is 35.5. The third kappa shape index (κ3) is 1.76. The van der Waals surface area contributed by atoms with Gasteiger partial charge in [0.15, 0.2) is 0 Å². The molecule has 1 saturated heterocycles. The lowest BCUT2D eigenvalue weighted by molar-refractivity contribution is 0.122. The second kappa shape index (κ2) is 4.18. The molecule has 0 aromatic carbocycles. The van der Waals surface area contributed by atoms with Crippen LogP contribution in [0, 0.1) is 0 Å². The Balaban J connectivity index is 1.92. The Bertz CT molecular complexity index is 404. The summed E-state index contributed by atoms with van der Waals surface area (Å²) in [5.74, 6) is 0.772. The third-order valence-corrected chi connectivity index (χ3v) is 3.48. The van der Waals surface area contributed by atoms with E-state index in [1.165, 1.54) is 0 Å². The molecule has 0 saturated carbocycles. The molecule has 86 valence electrons. The zero-order valence-corrected chi connectivity index (χ0v) is 9.83. The minimum atomic E-state index is 0.643. The second-order valence-electron chi connectivity index (χ2n) is 4.19. The summed E-state index contributed by atoms with van der Waals surface area (Å²) >= 11 is 6.18. The van der Waals surface area contributed by atoms with Gasteiger partial charge in [0.1, 0.15) is 5.15 Å². The SMILES string of the molecule is Clc1nc(N2CCOCC2)nc2c1CCC2. The first-order valence-corrected chi connectivity index (χ1v) is 6.10. The van der Waals surface area contributed by atoms with Crippen LogP contribution in [0.2, 0.25) is 5.15 Å². The lowest BCUT2D eigenvalue weighted by atomic mass is 10.3. The fraction of sp³-hybridized carbons (Fsp3) is 0.636. The maximum Gasteiger partial charge on any atom is 0.227 e. The highest BCUT2D eigenvalue weighted by Crippen LogP contribution is 2.28. The lowest BCUT2D eigenvalue weighted by Crippen LogP contribution is -2.37. The molecule has 1 fully saturated rings. The van der Waals surface area contributed by atoms with Crippen LogP contribution in [0.1, 0.15) is 17.7 Å². The number of fused-ring (bicyclic) bond motifs is 1. The summed E-state index contributed by atoms with van der Waals surface area (Å²) in [4.78, 5) is 11.2. The number of ether oxygens (including phenoxy) is 1. The fourth-order valence-electron chi connectivity index (χ4n) is 2.28. The molecule has 0 bridgehead atoms. The van der Waals surface area contributed by atoms with Gasteiger partial charge in [-0.1, -0.05) is 11.6 Å². The first kappa shape index (κ1) is 10.3. The van der Waals surface area contributed by atoms with Crippen LogP contribution >= 0.6 is 11.6 Å². The first-order chi connectivity index (χ1) is 7.84. The molecular formula is C11H14ClN3O. The van der Waals surface area contributed by atoms with Gasteiger partial charge in [0.2, 0.25) is 5.95 Å². The van der Waals surface area contributed by atoms with Gasteiger partial charge in [0.25, 0.3) is 0 Å². The van der Waals surface area contributed by atoms with Crippen LogP contribution in [0.4, 0.5) is 5.95 Å². The Labute approximate surface area is 99.6 Å². The van der Waals surface area contributed by atoms with Gasteiger partial charge in [0.05, 0.1) is 18.9 Å². The average molecular weight is 240 g/mol. The van der Waals surface area contributed by atoms with Crippen molar-refractivity contribution in [2.45, 2.75) is 19.3 Å². The van der Waals surface area contributed by atoms with Crippen molar-refractivity contribution in [2.24, 2.45) is 0 Å². The van der Waals surface area contributed by atoms with E-state index in [4.69, 9.17) is 16.3 Å². The summed E-state index contributed by atoms with van der Waals surface area (Å²) in [5.41, 5.74) is 2.29. The molecule has 1 aliphatic carbocycles. The van der Waals surface area contributed by atoms with Gasteiger partial charge in [-0.2, -0.15) is 0 Å². The number of halogens is 1. The maximum absolute atomic E-state index is 6.18. The smallest absolute Gasteiger partial charge is 0.227 e. The van der Waals surface area contributed by atoms with E-state index >= 15 is 0 Å². The van der Waals surface area contributed by atoms with Crippen molar-refractivity contribution in [1.82, 2.24) is 9.97 Å². The molecule has 0 amide bonds. The largest absolute Gasteiger partial charge is 0.378 e. The third-order valence-electron chi connectivity index (χ3n) is 3.16. The Hall–Kier alpha value is -0.870. The van der Waals surface area contributed by atoms with Crippen LogP contribution in [0.25, 0.3) is 0 Å². The fourth-order valence-corrected chi connectivity index (χ4v) is 2.56. The Morgan fingerprint density at radius 2 is 1.94 bits per heavy atom. The normalized spacial score (nSPS) is 19.9. The van der Waals surface area contributed by atoms with E-state index in [0.717, 1.165) is 62.8 Å². The first-order valence-electron chi connectivity index (χ1n) is 5.72. The zero-order valence-electron chi connectivity index (χ0n) is 9.08. The van der Waals surface area contributed by atoms with Crippen LogP contribution in [-0.4, -0.2) is 36.3 Å². The monoisotopic (exact) mass is 239 g/mol. The molecule has 4 nitrogen and oxygen atoms in total. The maximum atomic E-state index is 6.18. The number of anilines is 1. The van der Waals surface area contributed by atoms with Crippen molar-refractivity contribution in [3.63, 3.8) is 0 Å². The zero-order chi connectivity index (χ0) is 11.0. The Kier molecular flexibility index (Phi) is 2.69. The lowest BCUT2D eigenvalue weighted by Gasteiger charge is -2.27. The van der Waals surface area contributed by atoms with E-state index in [1.54, 1.807) is 0 Å². The van der Waals surface area contributed by atoms with E-state index < -0.39 is 0 Å². The van der Waals surface area contributed by atoms with Crippen LogP contribution in [0.3, 0.4) is 0 Å². The Morgan fingerprint density at radius 3 is 2.75 bits per heavy atom. The van der Waals surface area contributed by atoms with Gasteiger partial charge in [-0.25, -0.2) is 9.97 Å². The van der Waals surface area contributed by atoms with Gasteiger partial charge < -0.3 is 9.64 Å². The molecule has 0 spiro atoms. The molecule has 2 aliphatic rings. The summed E-state index contributed by atoms with van der Waals surface area (Å²) in [6.45, 7) is 3.21. The molecular weight excluding hydrogens is 226 g/mol. The van der Waals surface area contributed by atoms with Crippen LogP contribution in [-0.2, 0) is 17.6 Å². The van der Waals surface area contributed by atoms with Crippen LogP contribution in [0.5, 0.6) is 0 Å². The van der Waals surface area contributed by atoms with E-state index in [9.17, 15) is 0 Å². The number of aromatic nitrogens is 2. The summed E-state index contributed by atoms with van der Waals surface area (Å²) in [6, 6.07) is 0. The molecule has 0 atom stereocenters. The van der Waals surface area contributed by atoms with E-state index in [-0.39, 0.29) is 0 Å². The molecule has 1 aromatic heterocycles. The molecule has 3 rings (SSSR count). The number of hydrogen-bond donors (Lipinski definition) is 0. The van der Waals surface area contributed by atoms with Crippen LogP contribution in [0.15, 0.2) is 0 Å². The van der Waals surface area contributed by atoms with Crippen molar-refractivity contribution in [1.29, 1.82) is 0 Å². The average Bonchev–Trinajstić information content (AvgIpc) is 2.79. The van der Waals surface area contributed by atoms with Gasteiger partial charge in [-0.05, 0) is 19.3 Å².